The molecule has 0 saturated heterocycles. The molecule has 0 spiro atoms. The lowest BCUT2D eigenvalue weighted by molar-refractivity contribution is 1.51. The van der Waals surface area contributed by atoms with Crippen molar-refractivity contribution in [2.75, 3.05) is 0 Å². The number of fused-ring (bicyclic) bond motifs is 3. The van der Waals surface area contributed by atoms with Gasteiger partial charge in [0.05, 0.1) is 0 Å². The molecule has 74 valence electrons. The molecule has 0 amide bonds. The molecule has 0 saturated carbocycles. The second-order valence-corrected chi connectivity index (χ2v) is 5.55. The van der Waals surface area contributed by atoms with Gasteiger partial charge in [-0.05, 0) is 47.0 Å². The number of hydrogen-bond acceptors (Lipinski definition) is 0. The van der Waals surface area contributed by atoms with Crippen LogP contribution >= 0.6 is 8.19 Å². The van der Waals surface area contributed by atoms with Crippen LogP contribution in [-0.2, 0) is 0 Å². The Labute approximate surface area is 91.0 Å². The Bertz CT molecular complexity index is 591. The maximum atomic E-state index is 2.32. The fraction of sp³-hybridized carbons (Fsp3) is 0.143. The molecule has 15 heavy (non-hydrogen) atoms. The first-order chi connectivity index (χ1) is 7.24. The Balaban J connectivity index is 2.51. The smallest absolute Gasteiger partial charge is 0.000340 e. The average Bonchev–Trinajstić information content (AvgIpc) is 2.53. The molecule has 2 aromatic carbocycles. The van der Waals surface area contributed by atoms with E-state index >= 15 is 0 Å². The largest absolute Gasteiger partial charge is 0.123 e. The summed E-state index contributed by atoms with van der Waals surface area (Å²) in [5, 5.41) is 5.90. The molecule has 3 aromatic rings. The molecule has 0 N–H and O–H groups in total. The molecule has 1 heterocycles. The molecule has 0 fully saturated rings. The highest BCUT2D eigenvalue weighted by atomic mass is 31.0. The van der Waals surface area contributed by atoms with E-state index in [1.54, 1.807) is 0 Å². The van der Waals surface area contributed by atoms with Gasteiger partial charge >= 0.3 is 0 Å². The third-order valence-corrected chi connectivity index (χ3v) is 4.28. The molecule has 1 aromatic heterocycles. The summed E-state index contributed by atoms with van der Waals surface area (Å²) in [5.41, 5.74) is 2.73. The predicted octanol–water partition coefficient (Wildman–Crippen LogP) is 4.64. The molecule has 0 bridgehead atoms. The van der Waals surface area contributed by atoms with Gasteiger partial charge in [-0.1, -0.05) is 35.4 Å². The van der Waals surface area contributed by atoms with Gasteiger partial charge < -0.3 is 0 Å². The van der Waals surface area contributed by atoms with Crippen molar-refractivity contribution in [3.63, 3.8) is 0 Å². The van der Waals surface area contributed by atoms with Crippen LogP contribution in [-0.4, -0.2) is 0 Å². The topological polar surface area (TPSA) is 0 Å². The predicted molar refractivity (Wildman–Crippen MR) is 70.4 cm³/mol. The maximum absolute atomic E-state index is 2.32. The molecule has 0 nitrogen and oxygen atoms in total. The second-order valence-electron chi connectivity index (χ2n) is 4.22. The van der Waals surface area contributed by atoms with Gasteiger partial charge in [0.15, 0.2) is 0 Å². The van der Waals surface area contributed by atoms with Gasteiger partial charge in [0.2, 0.25) is 0 Å². The lowest BCUT2D eigenvalue weighted by Gasteiger charge is -1.94. The minimum absolute atomic E-state index is 0.844. The monoisotopic (exact) mass is 212 g/mol. The van der Waals surface area contributed by atoms with Crippen molar-refractivity contribution in [2.45, 2.75) is 13.8 Å². The van der Waals surface area contributed by atoms with Gasteiger partial charge in [0, 0.05) is 0 Å². The highest BCUT2D eigenvalue weighted by Crippen LogP contribution is 2.38. The summed E-state index contributed by atoms with van der Waals surface area (Å²) in [5.74, 6) is 0. The molecule has 0 aliphatic heterocycles. The molecule has 1 heteroatoms. The zero-order valence-corrected chi connectivity index (χ0v) is 9.96. The summed E-state index contributed by atoms with van der Waals surface area (Å²) < 4.78 is 0. The van der Waals surface area contributed by atoms with E-state index in [1.165, 1.54) is 32.1 Å². The van der Waals surface area contributed by atoms with E-state index in [0.717, 1.165) is 8.19 Å². The summed E-state index contributed by atoms with van der Waals surface area (Å²) in [6, 6.07) is 13.6. The molecule has 0 atom stereocenters. The van der Waals surface area contributed by atoms with Crippen LogP contribution in [0.2, 0.25) is 0 Å². The molecule has 0 radical (unpaired) electrons. The SMILES string of the molecule is Cc1ccc2c(c1)[pH]c1cc(C)ccc12. The van der Waals surface area contributed by atoms with Crippen LogP contribution in [0, 0.1) is 13.8 Å². The van der Waals surface area contributed by atoms with Crippen molar-refractivity contribution < 1.29 is 0 Å². The fourth-order valence-corrected chi connectivity index (χ4v) is 3.73. The van der Waals surface area contributed by atoms with Gasteiger partial charge in [-0.2, -0.15) is 0 Å². The maximum Gasteiger partial charge on any atom is -0.000340 e. The first kappa shape index (κ1) is 9.00. The van der Waals surface area contributed by atoms with Gasteiger partial charge in [-0.25, -0.2) is 0 Å². The van der Waals surface area contributed by atoms with Crippen LogP contribution < -0.4 is 0 Å². The van der Waals surface area contributed by atoms with Crippen molar-refractivity contribution in [1.82, 2.24) is 0 Å². The highest BCUT2D eigenvalue weighted by molar-refractivity contribution is 7.43. The minimum atomic E-state index is 0.844. The van der Waals surface area contributed by atoms with Crippen molar-refractivity contribution in [3.8, 4) is 0 Å². The van der Waals surface area contributed by atoms with E-state index in [0.29, 0.717) is 0 Å². The van der Waals surface area contributed by atoms with E-state index < -0.39 is 0 Å². The van der Waals surface area contributed by atoms with E-state index in [2.05, 4.69) is 50.2 Å². The van der Waals surface area contributed by atoms with Crippen LogP contribution in [0.25, 0.3) is 21.0 Å². The van der Waals surface area contributed by atoms with E-state index in [-0.39, 0.29) is 0 Å². The standard InChI is InChI=1S/C14H13P/c1-9-3-5-11-12-6-4-10(2)8-14(12)15-13(11)7-9/h3-8,15H,1-2H3. The lowest BCUT2D eigenvalue weighted by atomic mass is 10.1. The third-order valence-electron chi connectivity index (χ3n) is 2.91. The number of hydrogen-bond donors (Lipinski definition) is 0. The summed E-state index contributed by atoms with van der Waals surface area (Å²) in [6.07, 6.45) is 0. The van der Waals surface area contributed by atoms with Gasteiger partial charge in [0.1, 0.15) is 0 Å². The van der Waals surface area contributed by atoms with E-state index in [1.807, 2.05) is 0 Å². The normalized spacial score (nSPS) is 11.3. The lowest BCUT2D eigenvalue weighted by Crippen LogP contribution is -1.71. The number of aryl methyl sites for hydroxylation is 2. The first-order valence-electron chi connectivity index (χ1n) is 5.23. The van der Waals surface area contributed by atoms with Gasteiger partial charge in [0.25, 0.3) is 0 Å². The summed E-state index contributed by atoms with van der Waals surface area (Å²) >= 11 is 0. The third kappa shape index (κ3) is 1.37. The summed E-state index contributed by atoms with van der Waals surface area (Å²) in [6.45, 7) is 4.33. The van der Waals surface area contributed by atoms with Crippen molar-refractivity contribution >= 4 is 29.2 Å². The first-order valence-corrected chi connectivity index (χ1v) is 6.23. The Morgan fingerprint density at radius 3 is 1.67 bits per heavy atom. The number of rotatable bonds is 0. The van der Waals surface area contributed by atoms with Crippen LogP contribution in [0.3, 0.4) is 0 Å². The van der Waals surface area contributed by atoms with E-state index in [9.17, 15) is 0 Å². The Hall–Kier alpha value is -1.26. The Morgan fingerprint density at radius 2 is 1.20 bits per heavy atom. The van der Waals surface area contributed by atoms with Gasteiger partial charge in [-0.3, -0.25) is 0 Å². The van der Waals surface area contributed by atoms with Crippen LogP contribution in [0.5, 0.6) is 0 Å². The second kappa shape index (κ2) is 3.12. The fourth-order valence-electron chi connectivity index (χ4n) is 2.14. The van der Waals surface area contributed by atoms with E-state index in [4.69, 9.17) is 0 Å². The molecular formula is C14H13P. The zero-order chi connectivity index (χ0) is 10.4. The quantitative estimate of drug-likeness (QED) is 0.509. The van der Waals surface area contributed by atoms with Crippen molar-refractivity contribution in [2.24, 2.45) is 0 Å². The van der Waals surface area contributed by atoms with Crippen LogP contribution in [0.15, 0.2) is 36.4 Å². The molecule has 0 unspecified atom stereocenters. The van der Waals surface area contributed by atoms with Crippen LogP contribution in [0.4, 0.5) is 0 Å². The average molecular weight is 212 g/mol. The summed E-state index contributed by atoms with van der Waals surface area (Å²) in [4.78, 5) is 0. The summed E-state index contributed by atoms with van der Waals surface area (Å²) in [7, 11) is 0.844. The zero-order valence-electron chi connectivity index (χ0n) is 8.96. The van der Waals surface area contributed by atoms with Crippen molar-refractivity contribution in [3.05, 3.63) is 47.5 Å². The molecule has 3 rings (SSSR count). The number of benzene rings is 2. The Morgan fingerprint density at radius 1 is 0.733 bits per heavy atom. The molecule has 0 aliphatic carbocycles. The Kier molecular flexibility index (Phi) is 1.87. The molecular weight excluding hydrogens is 199 g/mol. The van der Waals surface area contributed by atoms with Crippen molar-refractivity contribution in [1.29, 1.82) is 0 Å². The van der Waals surface area contributed by atoms with Gasteiger partial charge in [-0.15, -0.1) is 8.19 Å². The highest BCUT2D eigenvalue weighted by Gasteiger charge is 2.03. The minimum Gasteiger partial charge on any atom is -0.123 e. The van der Waals surface area contributed by atoms with Crippen LogP contribution in [0.1, 0.15) is 11.1 Å². The molecule has 0 aliphatic rings.